The molecule has 0 aliphatic heterocycles. The average Bonchev–Trinajstić information content (AvgIpc) is 2.86. The number of benzene rings is 3. The number of H-pyrrole nitrogens is 1. The molecule has 7 heteroatoms. The molecule has 0 bridgehead atoms. The van der Waals surface area contributed by atoms with E-state index in [1.54, 1.807) is 12.1 Å². The largest absolute Gasteiger partial charge is 0.483 e. The van der Waals surface area contributed by atoms with E-state index in [9.17, 15) is 14.4 Å². The van der Waals surface area contributed by atoms with Crippen molar-refractivity contribution in [2.45, 2.75) is 6.92 Å². The third kappa shape index (κ3) is 5.39. The van der Waals surface area contributed by atoms with E-state index >= 15 is 0 Å². The van der Waals surface area contributed by atoms with Crippen LogP contribution in [0.3, 0.4) is 0 Å². The van der Waals surface area contributed by atoms with Crippen molar-refractivity contribution in [1.29, 1.82) is 0 Å². The van der Waals surface area contributed by atoms with Gasteiger partial charge in [-0.3, -0.25) is 25.2 Å². The fourth-order valence-corrected chi connectivity index (χ4v) is 3.46. The molecule has 0 fully saturated rings. The number of carbonyl (C=O) groups excluding carboxylic acids is 2. The van der Waals surface area contributed by atoms with Crippen molar-refractivity contribution < 1.29 is 14.3 Å². The van der Waals surface area contributed by atoms with Gasteiger partial charge in [-0.15, -0.1) is 0 Å². The minimum Gasteiger partial charge on any atom is -0.483 e. The Morgan fingerprint density at radius 1 is 0.824 bits per heavy atom. The Morgan fingerprint density at radius 3 is 2.32 bits per heavy atom. The predicted molar refractivity (Wildman–Crippen MR) is 130 cm³/mol. The number of para-hydroxylation sites is 1. The molecule has 170 valence electrons. The zero-order valence-electron chi connectivity index (χ0n) is 18.5. The van der Waals surface area contributed by atoms with Crippen molar-refractivity contribution in [3.8, 4) is 28.1 Å². The molecular weight excluding hydrogens is 430 g/mol. The Kier molecular flexibility index (Phi) is 6.84. The van der Waals surface area contributed by atoms with Gasteiger partial charge in [0.05, 0.1) is 0 Å². The fourth-order valence-electron chi connectivity index (χ4n) is 3.46. The molecule has 2 amide bonds. The third-order valence-electron chi connectivity index (χ3n) is 5.13. The summed E-state index contributed by atoms with van der Waals surface area (Å²) in [6, 6.07) is 27.7. The normalized spacial score (nSPS) is 10.4. The molecule has 0 radical (unpaired) electrons. The molecule has 0 saturated heterocycles. The second-order valence-electron chi connectivity index (χ2n) is 7.64. The zero-order chi connectivity index (χ0) is 23.9. The number of aryl methyl sites for hydroxylation is 1. The molecule has 0 aliphatic carbocycles. The van der Waals surface area contributed by atoms with Crippen molar-refractivity contribution in [3.05, 3.63) is 112 Å². The van der Waals surface area contributed by atoms with Gasteiger partial charge in [0, 0.05) is 11.3 Å². The van der Waals surface area contributed by atoms with Gasteiger partial charge in [-0.1, -0.05) is 72.3 Å². The van der Waals surface area contributed by atoms with Crippen molar-refractivity contribution in [2.75, 3.05) is 6.61 Å². The third-order valence-corrected chi connectivity index (χ3v) is 5.13. The Labute approximate surface area is 196 Å². The maximum Gasteiger partial charge on any atom is 0.276 e. The summed E-state index contributed by atoms with van der Waals surface area (Å²) in [5.74, 6) is -0.752. The summed E-state index contributed by atoms with van der Waals surface area (Å²) in [4.78, 5) is 39.7. The highest BCUT2D eigenvalue weighted by molar-refractivity contribution is 5.95. The molecule has 4 aromatic rings. The number of aromatic nitrogens is 1. The van der Waals surface area contributed by atoms with Crippen LogP contribution in [0.5, 0.6) is 5.75 Å². The number of hydrazine groups is 1. The molecule has 0 spiro atoms. The maximum atomic E-state index is 12.4. The van der Waals surface area contributed by atoms with Crippen LogP contribution in [-0.2, 0) is 4.79 Å². The molecule has 0 atom stereocenters. The van der Waals surface area contributed by atoms with E-state index < -0.39 is 17.4 Å². The number of rotatable bonds is 6. The van der Waals surface area contributed by atoms with Crippen LogP contribution in [0.2, 0.25) is 0 Å². The predicted octanol–water partition coefficient (Wildman–Crippen LogP) is 3.86. The molecule has 1 aromatic heterocycles. The quantitative estimate of drug-likeness (QED) is 0.386. The number of hydrogen-bond acceptors (Lipinski definition) is 4. The van der Waals surface area contributed by atoms with Crippen molar-refractivity contribution in [1.82, 2.24) is 15.8 Å². The van der Waals surface area contributed by atoms with Gasteiger partial charge in [-0.2, -0.15) is 0 Å². The summed E-state index contributed by atoms with van der Waals surface area (Å²) >= 11 is 0. The molecule has 0 aliphatic rings. The van der Waals surface area contributed by atoms with Crippen LogP contribution in [0.1, 0.15) is 15.9 Å². The highest BCUT2D eigenvalue weighted by Gasteiger charge is 2.13. The average molecular weight is 453 g/mol. The number of amides is 2. The van der Waals surface area contributed by atoms with Crippen LogP contribution < -0.4 is 21.1 Å². The van der Waals surface area contributed by atoms with E-state index in [-0.39, 0.29) is 12.2 Å². The van der Waals surface area contributed by atoms with Gasteiger partial charge >= 0.3 is 0 Å². The van der Waals surface area contributed by atoms with Gasteiger partial charge in [-0.25, -0.2) is 0 Å². The van der Waals surface area contributed by atoms with Gasteiger partial charge < -0.3 is 9.72 Å². The van der Waals surface area contributed by atoms with E-state index in [1.165, 1.54) is 6.07 Å². The van der Waals surface area contributed by atoms with Gasteiger partial charge in [-0.05, 0) is 42.3 Å². The van der Waals surface area contributed by atoms with Crippen LogP contribution in [-0.4, -0.2) is 23.4 Å². The minimum absolute atomic E-state index is 0.118. The lowest BCUT2D eigenvalue weighted by atomic mass is 10.1. The first kappa shape index (κ1) is 22.5. The lowest BCUT2D eigenvalue weighted by molar-refractivity contribution is -0.123. The lowest BCUT2D eigenvalue weighted by Crippen LogP contribution is -2.45. The second-order valence-corrected chi connectivity index (χ2v) is 7.64. The standard InChI is InChI=1S/C27H23N3O4/c1-18-8-7-11-20(16-18)23-15-14-22(26(32)28-23)27(33)30-29-25(31)17-34-24-13-6-5-12-21(24)19-9-3-2-4-10-19/h2-16H,17H2,1H3,(H,28,32)(H,29,31)(H,30,33). The van der Waals surface area contributed by atoms with Crippen LogP contribution in [0.15, 0.2) is 95.8 Å². The molecule has 3 aromatic carbocycles. The molecule has 3 N–H and O–H groups in total. The summed E-state index contributed by atoms with van der Waals surface area (Å²) in [5.41, 5.74) is 8.15. The van der Waals surface area contributed by atoms with E-state index in [0.717, 1.165) is 22.3 Å². The monoisotopic (exact) mass is 453 g/mol. The molecule has 1 heterocycles. The topological polar surface area (TPSA) is 100 Å². The summed E-state index contributed by atoms with van der Waals surface area (Å²) in [6.45, 7) is 1.64. The van der Waals surface area contributed by atoms with E-state index in [1.807, 2.05) is 79.7 Å². The van der Waals surface area contributed by atoms with Crippen LogP contribution in [0.4, 0.5) is 0 Å². The van der Waals surface area contributed by atoms with Crippen molar-refractivity contribution in [3.63, 3.8) is 0 Å². The molecule has 4 rings (SSSR count). The Balaban J connectivity index is 1.35. The van der Waals surface area contributed by atoms with Gasteiger partial charge in [0.2, 0.25) is 0 Å². The summed E-state index contributed by atoms with van der Waals surface area (Å²) in [6.07, 6.45) is 0. The highest BCUT2D eigenvalue weighted by Crippen LogP contribution is 2.29. The highest BCUT2D eigenvalue weighted by atomic mass is 16.5. The first-order valence-electron chi connectivity index (χ1n) is 10.7. The molecule has 7 nitrogen and oxygen atoms in total. The zero-order valence-corrected chi connectivity index (χ0v) is 18.5. The van der Waals surface area contributed by atoms with Gasteiger partial charge in [0.1, 0.15) is 11.3 Å². The number of nitrogens with one attached hydrogen (secondary N) is 3. The SMILES string of the molecule is Cc1cccc(-c2ccc(C(=O)NNC(=O)COc3ccccc3-c3ccccc3)c(=O)[nH]2)c1. The maximum absolute atomic E-state index is 12.4. The fraction of sp³-hybridized carbons (Fsp3) is 0.0741. The lowest BCUT2D eigenvalue weighted by Gasteiger charge is -2.12. The molecular formula is C27H23N3O4. The van der Waals surface area contributed by atoms with E-state index in [0.29, 0.717) is 11.4 Å². The molecule has 0 saturated carbocycles. The van der Waals surface area contributed by atoms with Gasteiger partial charge in [0.15, 0.2) is 6.61 Å². The molecule has 0 unspecified atom stereocenters. The molecule has 34 heavy (non-hydrogen) atoms. The number of pyridine rings is 1. The summed E-state index contributed by atoms with van der Waals surface area (Å²) in [7, 11) is 0. The minimum atomic E-state index is -0.727. The van der Waals surface area contributed by atoms with Crippen LogP contribution in [0, 0.1) is 6.92 Å². The number of hydrogen-bond donors (Lipinski definition) is 3. The van der Waals surface area contributed by atoms with Crippen LogP contribution >= 0.6 is 0 Å². The van der Waals surface area contributed by atoms with Crippen LogP contribution in [0.25, 0.3) is 22.4 Å². The number of carbonyl (C=O) groups is 2. The van der Waals surface area contributed by atoms with Gasteiger partial charge in [0.25, 0.3) is 17.4 Å². The second kappa shape index (κ2) is 10.3. The Hall–Kier alpha value is -4.65. The first-order valence-corrected chi connectivity index (χ1v) is 10.7. The summed E-state index contributed by atoms with van der Waals surface area (Å²) < 4.78 is 5.66. The Morgan fingerprint density at radius 2 is 1.56 bits per heavy atom. The van der Waals surface area contributed by atoms with Crippen molar-refractivity contribution >= 4 is 11.8 Å². The van der Waals surface area contributed by atoms with E-state index in [2.05, 4.69) is 15.8 Å². The van der Waals surface area contributed by atoms with Crippen molar-refractivity contribution in [2.24, 2.45) is 0 Å². The smallest absolute Gasteiger partial charge is 0.276 e. The summed E-state index contributed by atoms with van der Waals surface area (Å²) in [5, 5.41) is 0. The Bertz CT molecular complexity index is 1380. The number of aromatic amines is 1. The first-order chi connectivity index (χ1) is 16.5. The van der Waals surface area contributed by atoms with E-state index in [4.69, 9.17) is 4.74 Å². The number of ether oxygens (including phenoxy) is 1.